The van der Waals surface area contributed by atoms with Crippen molar-refractivity contribution < 1.29 is 4.79 Å². The van der Waals surface area contributed by atoms with Crippen LogP contribution in [0.15, 0.2) is 47.4 Å². The highest BCUT2D eigenvalue weighted by Crippen LogP contribution is 2.32. The Morgan fingerprint density at radius 1 is 1.25 bits per heavy atom. The average Bonchev–Trinajstić information content (AvgIpc) is 2.48. The van der Waals surface area contributed by atoms with E-state index >= 15 is 0 Å². The molecular weight excluding hydrogens is 254 g/mol. The molecule has 1 aliphatic rings. The van der Waals surface area contributed by atoms with Gasteiger partial charge >= 0.3 is 0 Å². The number of rotatable bonds is 1. The van der Waals surface area contributed by atoms with Crippen LogP contribution in [0.4, 0.5) is 5.69 Å². The first-order chi connectivity index (χ1) is 9.66. The number of pyridine rings is 1. The smallest absolute Gasteiger partial charge is 0.259 e. The van der Waals surface area contributed by atoms with E-state index in [1.54, 1.807) is 4.90 Å². The number of nitrogens with zero attached hydrogens (tertiary/aromatic N) is 1. The summed E-state index contributed by atoms with van der Waals surface area (Å²) in [5.41, 5.74) is 8.16. The van der Waals surface area contributed by atoms with Gasteiger partial charge in [0.2, 0.25) is 5.56 Å². The topological polar surface area (TPSA) is 79.2 Å². The van der Waals surface area contributed by atoms with Gasteiger partial charge in [-0.05, 0) is 24.1 Å². The number of carbonyl (C=O) groups excluding carboxylic acids is 1. The molecule has 1 aromatic carbocycles. The minimum Gasteiger partial charge on any atom is -0.328 e. The highest BCUT2D eigenvalue weighted by molar-refractivity contribution is 6.06. The van der Waals surface area contributed by atoms with E-state index in [9.17, 15) is 9.59 Å². The normalized spacial score (nSPS) is 17.6. The number of amides is 1. The maximum absolute atomic E-state index is 12.5. The first-order valence-corrected chi connectivity index (χ1v) is 6.52. The first kappa shape index (κ1) is 12.6. The maximum Gasteiger partial charge on any atom is 0.259 e. The van der Waals surface area contributed by atoms with Crippen LogP contribution in [0.2, 0.25) is 0 Å². The second-order valence-corrected chi connectivity index (χ2v) is 4.85. The second kappa shape index (κ2) is 4.94. The minimum atomic E-state index is -0.220. The largest absolute Gasteiger partial charge is 0.328 e. The lowest BCUT2D eigenvalue weighted by Gasteiger charge is -2.32. The highest BCUT2D eigenvalue weighted by atomic mass is 16.2. The number of fused-ring (bicyclic) bond motifs is 1. The van der Waals surface area contributed by atoms with Crippen LogP contribution in [0.3, 0.4) is 0 Å². The Labute approximate surface area is 116 Å². The van der Waals surface area contributed by atoms with Crippen molar-refractivity contribution in [2.75, 3.05) is 11.4 Å². The summed E-state index contributed by atoms with van der Waals surface area (Å²) >= 11 is 0. The summed E-state index contributed by atoms with van der Waals surface area (Å²) in [6.07, 6.45) is 2.17. The molecule has 102 valence electrons. The number of para-hydroxylation sites is 1. The predicted octanol–water partition coefficient (Wildman–Crippen LogP) is 1.43. The van der Waals surface area contributed by atoms with E-state index in [0.717, 1.165) is 17.7 Å². The summed E-state index contributed by atoms with van der Waals surface area (Å²) < 4.78 is 0. The van der Waals surface area contributed by atoms with Gasteiger partial charge in [-0.2, -0.15) is 0 Å². The number of H-pyrrole nitrogens is 1. The number of carbonyl (C=O) groups is 1. The summed E-state index contributed by atoms with van der Waals surface area (Å²) in [4.78, 5) is 27.8. The fourth-order valence-electron chi connectivity index (χ4n) is 2.50. The summed E-state index contributed by atoms with van der Waals surface area (Å²) in [6, 6.07) is 10.5. The number of anilines is 1. The van der Waals surface area contributed by atoms with Gasteiger partial charge < -0.3 is 15.6 Å². The van der Waals surface area contributed by atoms with Crippen LogP contribution in [-0.4, -0.2) is 17.4 Å². The Balaban J connectivity index is 1.99. The molecule has 0 saturated carbocycles. The summed E-state index contributed by atoms with van der Waals surface area (Å²) in [5.74, 6) is -0.124. The van der Waals surface area contributed by atoms with Crippen LogP contribution in [0, 0.1) is 0 Å². The van der Waals surface area contributed by atoms with E-state index in [-0.39, 0.29) is 17.5 Å². The zero-order chi connectivity index (χ0) is 14.1. The molecule has 1 amide bonds. The minimum absolute atomic E-state index is 0.0363. The van der Waals surface area contributed by atoms with Gasteiger partial charge in [0.05, 0.1) is 5.56 Å². The van der Waals surface area contributed by atoms with Crippen molar-refractivity contribution in [3.8, 4) is 0 Å². The lowest BCUT2D eigenvalue weighted by Crippen LogP contribution is -2.38. The molecule has 0 spiro atoms. The van der Waals surface area contributed by atoms with E-state index in [4.69, 9.17) is 5.73 Å². The van der Waals surface area contributed by atoms with Crippen molar-refractivity contribution in [3.63, 3.8) is 0 Å². The van der Waals surface area contributed by atoms with Crippen molar-refractivity contribution in [1.29, 1.82) is 0 Å². The van der Waals surface area contributed by atoms with Crippen LogP contribution in [0.5, 0.6) is 0 Å². The number of hydrogen-bond acceptors (Lipinski definition) is 3. The first-order valence-electron chi connectivity index (χ1n) is 6.52. The van der Waals surface area contributed by atoms with E-state index in [1.165, 1.54) is 18.3 Å². The molecule has 0 saturated heterocycles. The van der Waals surface area contributed by atoms with Gasteiger partial charge in [-0.3, -0.25) is 9.59 Å². The average molecular weight is 269 g/mol. The number of aromatic amines is 1. The molecule has 0 bridgehead atoms. The molecule has 2 heterocycles. The fraction of sp³-hybridized carbons (Fsp3) is 0.200. The molecule has 20 heavy (non-hydrogen) atoms. The maximum atomic E-state index is 12.5. The van der Waals surface area contributed by atoms with Crippen molar-refractivity contribution in [3.05, 3.63) is 64.1 Å². The third kappa shape index (κ3) is 2.12. The van der Waals surface area contributed by atoms with Gasteiger partial charge in [-0.1, -0.05) is 18.2 Å². The van der Waals surface area contributed by atoms with E-state index < -0.39 is 0 Å². The van der Waals surface area contributed by atoms with E-state index in [2.05, 4.69) is 4.98 Å². The van der Waals surface area contributed by atoms with Gasteiger partial charge in [0.15, 0.2) is 0 Å². The number of nitrogens with one attached hydrogen (secondary N) is 1. The SMILES string of the molecule is NC1CCN(C(=O)c2ccc(=O)[nH]c2)c2ccccc21. The third-order valence-electron chi connectivity index (χ3n) is 3.57. The van der Waals surface area contributed by atoms with Crippen molar-refractivity contribution in [1.82, 2.24) is 4.98 Å². The lowest BCUT2D eigenvalue weighted by molar-refractivity contribution is 0.0984. The van der Waals surface area contributed by atoms with Crippen molar-refractivity contribution in [2.24, 2.45) is 5.73 Å². The van der Waals surface area contributed by atoms with Crippen molar-refractivity contribution in [2.45, 2.75) is 12.5 Å². The Morgan fingerprint density at radius 2 is 2.05 bits per heavy atom. The van der Waals surface area contributed by atoms with Crippen LogP contribution >= 0.6 is 0 Å². The van der Waals surface area contributed by atoms with Crippen LogP contribution in [-0.2, 0) is 0 Å². The lowest BCUT2D eigenvalue weighted by atomic mass is 9.96. The molecule has 1 aliphatic heterocycles. The highest BCUT2D eigenvalue weighted by Gasteiger charge is 2.27. The molecule has 5 nitrogen and oxygen atoms in total. The molecule has 1 unspecified atom stereocenters. The van der Waals surface area contributed by atoms with Crippen molar-refractivity contribution >= 4 is 11.6 Å². The Kier molecular flexibility index (Phi) is 3.12. The Bertz CT molecular complexity index is 688. The Morgan fingerprint density at radius 3 is 2.80 bits per heavy atom. The van der Waals surface area contributed by atoms with Crippen LogP contribution in [0.25, 0.3) is 0 Å². The van der Waals surface area contributed by atoms with E-state index in [1.807, 2.05) is 24.3 Å². The zero-order valence-corrected chi connectivity index (χ0v) is 10.9. The Hall–Kier alpha value is -2.40. The van der Waals surface area contributed by atoms with Gasteiger partial charge in [0.1, 0.15) is 0 Å². The molecule has 0 fully saturated rings. The van der Waals surface area contributed by atoms with Crippen LogP contribution in [0.1, 0.15) is 28.4 Å². The zero-order valence-electron chi connectivity index (χ0n) is 10.9. The molecule has 3 N–H and O–H groups in total. The molecule has 5 heteroatoms. The summed E-state index contributed by atoms with van der Waals surface area (Å²) in [5, 5.41) is 0. The van der Waals surface area contributed by atoms with E-state index in [0.29, 0.717) is 12.1 Å². The molecular formula is C15H15N3O2. The fourth-order valence-corrected chi connectivity index (χ4v) is 2.50. The standard InChI is InChI=1S/C15H15N3O2/c16-12-7-8-18(13-4-2-1-3-11(12)13)15(20)10-5-6-14(19)17-9-10/h1-6,9,12H,7-8,16H2,(H,17,19). The number of aromatic nitrogens is 1. The third-order valence-corrected chi connectivity index (χ3v) is 3.57. The molecule has 1 atom stereocenters. The van der Waals surface area contributed by atoms with Gasteiger partial charge in [0, 0.05) is 30.5 Å². The summed E-state index contributed by atoms with van der Waals surface area (Å²) in [7, 11) is 0. The van der Waals surface area contributed by atoms with Gasteiger partial charge in [-0.25, -0.2) is 0 Å². The molecule has 0 radical (unpaired) electrons. The number of hydrogen-bond donors (Lipinski definition) is 2. The number of nitrogens with two attached hydrogens (primary N) is 1. The van der Waals surface area contributed by atoms with Gasteiger partial charge in [0.25, 0.3) is 5.91 Å². The predicted molar refractivity (Wildman–Crippen MR) is 76.7 cm³/mol. The second-order valence-electron chi connectivity index (χ2n) is 4.85. The molecule has 3 rings (SSSR count). The monoisotopic (exact) mass is 269 g/mol. The molecule has 1 aromatic heterocycles. The summed E-state index contributed by atoms with van der Waals surface area (Å²) in [6.45, 7) is 0.580. The van der Waals surface area contributed by atoms with Crippen LogP contribution < -0.4 is 16.2 Å². The van der Waals surface area contributed by atoms with Gasteiger partial charge in [-0.15, -0.1) is 0 Å². The number of benzene rings is 1. The molecule has 2 aromatic rings. The molecule has 0 aliphatic carbocycles. The quantitative estimate of drug-likeness (QED) is 0.821.